The van der Waals surface area contributed by atoms with Crippen LogP contribution in [0.15, 0.2) is 206 Å². The fraction of sp³-hybridized carbons (Fsp3) is 0.206. The summed E-state index contributed by atoms with van der Waals surface area (Å²) in [5.41, 5.74) is 25.4. The normalized spacial score (nSPS) is 14.5. The van der Waals surface area contributed by atoms with Gasteiger partial charge >= 0.3 is 0 Å². The van der Waals surface area contributed by atoms with Crippen molar-refractivity contribution in [3.05, 3.63) is 223 Å². The number of fused-ring (bicyclic) bond motifs is 4. The first-order valence-electron chi connectivity index (χ1n) is 26.1. The lowest BCUT2D eigenvalue weighted by Crippen LogP contribution is -2.61. The summed E-state index contributed by atoms with van der Waals surface area (Å²) in [6.07, 6.45) is 6.25. The molecule has 1 saturated carbocycles. The molecule has 9 aromatic rings. The molecule has 12 rings (SSSR count). The largest absolute Gasteiger partial charge is 0.311 e. The van der Waals surface area contributed by atoms with E-state index < -0.39 is 0 Å². The Labute approximate surface area is 422 Å². The fourth-order valence-electron chi connectivity index (χ4n) is 11.9. The van der Waals surface area contributed by atoms with Gasteiger partial charge in [-0.15, -0.1) is 0 Å². The minimum absolute atomic E-state index is 0.0102. The quantitative estimate of drug-likeness (QED) is 0.147. The molecule has 1 aliphatic carbocycles. The highest BCUT2D eigenvalue weighted by Gasteiger charge is 2.45. The van der Waals surface area contributed by atoms with Gasteiger partial charge in [-0.2, -0.15) is 0 Å². The maximum atomic E-state index is 2.66. The molecular weight excluding hydrogens is 856 g/mol. The molecule has 2 nitrogen and oxygen atoms in total. The number of benzene rings is 9. The second-order valence-electron chi connectivity index (χ2n) is 22.4. The van der Waals surface area contributed by atoms with Crippen molar-refractivity contribution < 1.29 is 0 Å². The van der Waals surface area contributed by atoms with Crippen LogP contribution in [0.25, 0.3) is 44.5 Å². The van der Waals surface area contributed by atoms with Crippen molar-refractivity contribution in [2.75, 3.05) is 9.80 Å². The molecule has 1 fully saturated rings. The number of hydrogen-bond donors (Lipinski definition) is 0. The Morgan fingerprint density at radius 2 is 0.746 bits per heavy atom. The maximum absolute atomic E-state index is 2.66. The molecule has 0 saturated heterocycles. The third kappa shape index (κ3) is 8.10. The molecule has 71 heavy (non-hydrogen) atoms. The third-order valence-electron chi connectivity index (χ3n) is 15.8. The average Bonchev–Trinajstić information content (AvgIpc) is 3.41. The van der Waals surface area contributed by atoms with Gasteiger partial charge in [-0.25, -0.2) is 0 Å². The smallest absolute Gasteiger partial charge is 0.252 e. The van der Waals surface area contributed by atoms with Crippen molar-refractivity contribution in [1.82, 2.24) is 0 Å². The molecule has 0 N–H and O–H groups in total. The van der Waals surface area contributed by atoms with Gasteiger partial charge in [-0.3, -0.25) is 0 Å². The first-order valence-corrected chi connectivity index (χ1v) is 26.1. The summed E-state index contributed by atoms with van der Waals surface area (Å²) in [5, 5.41) is 0. The van der Waals surface area contributed by atoms with Crippen LogP contribution in [0, 0.1) is 0 Å². The van der Waals surface area contributed by atoms with Crippen LogP contribution in [-0.2, 0) is 10.8 Å². The second-order valence-corrected chi connectivity index (χ2v) is 22.4. The molecule has 0 spiro atoms. The highest BCUT2D eigenvalue weighted by atomic mass is 15.2. The van der Waals surface area contributed by atoms with E-state index in [1.54, 1.807) is 0 Å². The van der Waals surface area contributed by atoms with Gasteiger partial charge in [-0.05, 0) is 132 Å². The molecule has 0 aromatic heterocycles. The predicted molar refractivity (Wildman–Crippen MR) is 305 cm³/mol. The topological polar surface area (TPSA) is 6.48 Å². The number of anilines is 6. The van der Waals surface area contributed by atoms with E-state index in [9.17, 15) is 0 Å². The van der Waals surface area contributed by atoms with E-state index in [4.69, 9.17) is 0 Å². The minimum Gasteiger partial charge on any atom is -0.311 e. The van der Waals surface area contributed by atoms with Crippen LogP contribution < -0.4 is 26.2 Å². The van der Waals surface area contributed by atoms with E-state index >= 15 is 0 Å². The zero-order chi connectivity index (χ0) is 48.4. The van der Waals surface area contributed by atoms with Gasteiger partial charge in [0.15, 0.2) is 0 Å². The molecule has 0 atom stereocenters. The summed E-state index contributed by atoms with van der Waals surface area (Å²) in [7, 11) is 0. The summed E-state index contributed by atoms with van der Waals surface area (Å²) < 4.78 is 0. The van der Waals surface area contributed by atoms with Crippen LogP contribution in [0.4, 0.5) is 34.1 Å². The van der Waals surface area contributed by atoms with E-state index in [-0.39, 0.29) is 17.5 Å². The lowest BCUT2D eigenvalue weighted by atomic mass is 9.33. The van der Waals surface area contributed by atoms with Crippen LogP contribution in [0.2, 0.25) is 0 Å². The monoisotopic (exact) mass is 919 g/mol. The molecular formula is C68H63BN2. The Kier molecular flexibility index (Phi) is 11.2. The molecule has 9 aromatic carbocycles. The summed E-state index contributed by atoms with van der Waals surface area (Å²) in [6, 6.07) is 78.7. The van der Waals surface area contributed by atoms with E-state index in [2.05, 4.69) is 258 Å². The van der Waals surface area contributed by atoms with Crippen LogP contribution in [0.3, 0.4) is 0 Å². The number of para-hydroxylation sites is 2. The Hall–Kier alpha value is -7.36. The molecule has 2 heterocycles. The minimum atomic E-state index is -0.0102. The predicted octanol–water partition coefficient (Wildman–Crippen LogP) is 17.1. The number of hydrogen-bond acceptors (Lipinski definition) is 2. The zero-order valence-electron chi connectivity index (χ0n) is 42.2. The zero-order valence-corrected chi connectivity index (χ0v) is 42.2. The van der Waals surface area contributed by atoms with Crippen LogP contribution in [-0.4, -0.2) is 6.71 Å². The number of nitrogens with zero attached hydrogens (tertiary/aromatic N) is 2. The lowest BCUT2D eigenvalue weighted by molar-refractivity contribution is 0.444. The lowest BCUT2D eigenvalue weighted by Gasteiger charge is -2.45. The van der Waals surface area contributed by atoms with Crippen LogP contribution >= 0.6 is 0 Å². The Morgan fingerprint density at radius 1 is 0.352 bits per heavy atom. The van der Waals surface area contributed by atoms with Gasteiger partial charge < -0.3 is 9.80 Å². The van der Waals surface area contributed by atoms with Crippen molar-refractivity contribution in [1.29, 1.82) is 0 Å². The summed E-state index contributed by atoms with van der Waals surface area (Å²) in [5.74, 6) is 0.474. The average molecular weight is 919 g/mol. The third-order valence-corrected chi connectivity index (χ3v) is 15.8. The molecule has 0 amide bonds. The molecule has 0 bridgehead atoms. The van der Waals surface area contributed by atoms with Gasteiger partial charge in [0.05, 0.1) is 11.4 Å². The van der Waals surface area contributed by atoms with Crippen molar-refractivity contribution >= 4 is 57.2 Å². The van der Waals surface area contributed by atoms with E-state index in [0.717, 1.165) is 0 Å². The van der Waals surface area contributed by atoms with Gasteiger partial charge in [-0.1, -0.05) is 231 Å². The van der Waals surface area contributed by atoms with Gasteiger partial charge in [0, 0.05) is 33.9 Å². The first kappa shape index (κ1) is 44.8. The van der Waals surface area contributed by atoms with Crippen molar-refractivity contribution in [3.8, 4) is 44.5 Å². The standard InChI is InChI=1S/C68H63BN2/c1-67(2,3)54-36-30-49(31-37-54)56-26-16-18-28-60(56)70-62-42-51(46-20-10-7-11-21-46)34-40-58(62)69-59-41-35-52(47-22-12-8-13-23-47)43-63(59)71(65-45-53(44-64(70)66(65)69)48-24-14-9-15-25-48)61-29-19-17-27-57(61)50-32-38-55(39-33-50)68(4,5)6/h7-8,10-13,16-23,26-45,48H,9,14-15,24-25H2,1-6H3. The molecule has 348 valence electrons. The SMILES string of the molecule is CC(C)(C)c1ccc(-c2ccccc2N2c3cc(-c4ccccc4)ccc3B3c4ccc(-c5ccccc5)cc4N(c4ccccc4-c4ccc(C(C)(C)C)cc4)c4cc(C5CCCCC5)cc2c43)cc1. The van der Waals surface area contributed by atoms with Gasteiger partial charge in [0.2, 0.25) is 0 Å². The van der Waals surface area contributed by atoms with Gasteiger partial charge in [0.1, 0.15) is 0 Å². The Balaban J connectivity index is 1.17. The molecule has 0 unspecified atom stereocenters. The molecule has 3 heteroatoms. The molecule has 3 aliphatic rings. The van der Waals surface area contributed by atoms with E-state index in [1.165, 1.54) is 144 Å². The first-order chi connectivity index (χ1) is 34.5. The van der Waals surface area contributed by atoms with E-state index in [1.807, 2.05) is 0 Å². The fourth-order valence-corrected chi connectivity index (χ4v) is 11.9. The number of rotatable bonds is 7. The van der Waals surface area contributed by atoms with Crippen molar-refractivity contribution in [3.63, 3.8) is 0 Å². The van der Waals surface area contributed by atoms with Crippen LogP contribution in [0.1, 0.15) is 96.3 Å². The van der Waals surface area contributed by atoms with Crippen LogP contribution in [0.5, 0.6) is 0 Å². The summed E-state index contributed by atoms with van der Waals surface area (Å²) in [4.78, 5) is 5.32. The summed E-state index contributed by atoms with van der Waals surface area (Å²) in [6.45, 7) is 13.8. The maximum Gasteiger partial charge on any atom is 0.252 e. The van der Waals surface area contributed by atoms with E-state index in [0.29, 0.717) is 5.92 Å². The Bertz CT molecular complexity index is 3190. The highest BCUT2D eigenvalue weighted by Crippen LogP contribution is 2.51. The summed E-state index contributed by atoms with van der Waals surface area (Å²) >= 11 is 0. The molecule has 2 aliphatic heterocycles. The van der Waals surface area contributed by atoms with Gasteiger partial charge in [0.25, 0.3) is 6.71 Å². The molecule has 0 radical (unpaired) electrons. The van der Waals surface area contributed by atoms with Crippen molar-refractivity contribution in [2.24, 2.45) is 0 Å². The highest BCUT2D eigenvalue weighted by molar-refractivity contribution is 7.00. The Morgan fingerprint density at radius 3 is 1.17 bits per heavy atom. The van der Waals surface area contributed by atoms with Crippen molar-refractivity contribution in [2.45, 2.75) is 90.4 Å². The second kappa shape index (κ2) is 17.8.